The smallest absolute Gasteiger partial charge is 0.211 e. The molecule has 0 radical (unpaired) electrons. The molecule has 0 aliphatic heterocycles. The number of benzene rings is 1. The van der Waals surface area contributed by atoms with E-state index in [9.17, 15) is 4.79 Å². The van der Waals surface area contributed by atoms with Gasteiger partial charge in [-0.15, -0.1) is 11.6 Å². The lowest BCUT2D eigenvalue weighted by Crippen LogP contribution is -1.83. The molecule has 1 unspecified atom stereocenters. The van der Waals surface area contributed by atoms with Crippen LogP contribution in [0.25, 0.3) is 0 Å². The van der Waals surface area contributed by atoms with Crippen LogP contribution in [0.3, 0.4) is 0 Å². The van der Waals surface area contributed by atoms with Crippen molar-refractivity contribution in [3.63, 3.8) is 0 Å². The minimum atomic E-state index is -0.140. The van der Waals surface area contributed by atoms with Crippen molar-refractivity contribution in [2.45, 2.75) is 12.3 Å². The molecule has 62 valence electrons. The van der Waals surface area contributed by atoms with Gasteiger partial charge in [-0.2, -0.15) is 4.99 Å². The van der Waals surface area contributed by atoms with Gasteiger partial charge < -0.3 is 0 Å². The van der Waals surface area contributed by atoms with E-state index in [1.165, 1.54) is 6.08 Å². The Morgan fingerprint density at radius 3 is 2.75 bits per heavy atom. The lowest BCUT2D eigenvalue weighted by Gasteiger charge is -2.04. The highest BCUT2D eigenvalue weighted by molar-refractivity contribution is 6.20. The zero-order chi connectivity index (χ0) is 8.97. The SMILES string of the molecule is CC(Cl)c1ccccc1N=C=O. The van der Waals surface area contributed by atoms with Crippen LogP contribution in [0.1, 0.15) is 17.9 Å². The molecule has 1 aromatic carbocycles. The fourth-order valence-corrected chi connectivity index (χ4v) is 1.16. The van der Waals surface area contributed by atoms with Crippen LogP contribution in [0.5, 0.6) is 0 Å². The summed E-state index contributed by atoms with van der Waals surface area (Å²) in [6, 6.07) is 7.24. The third-order valence-corrected chi connectivity index (χ3v) is 1.77. The highest BCUT2D eigenvalue weighted by Crippen LogP contribution is 2.28. The molecule has 0 saturated carbocycles. The first-order chi connectivity index (χ1) is 5.75. The second kappa shape index (κ2) is 4.05. The summed E-state index contributed by atoms with van der Waals surface area (Å²) in [5.74, 6) is 0. The molecule has 0 aromatic heterocycles. The molecule has 1 aromatic rings. The lowest BCUT2D eigenvalue weighted by molar-refractivity contribution is 0.565. The number of rotatable bonds is 2. The minimum Gasteiger partial charge on any atom is -0.211 e. The standard InChI is InChI=1S/C9H8ClNO/c1-7(10)8-4-2-3-5-9(8)11-6-12/h2-5,7H,1H3. The van der Waals surface area contributed by atoms with Crippen LogP contribution in [0.2, 0.25) is 0 Å². The number of para-hydroxylation sites is 1. The average molecular weight is 182 g/mol. The molecule has 0 N–H and O–H groups in total. The Bertz CT molecular complexity index is 316. The number of halogens is 1. The van der Waals surface area contributed by atoms with E-state index >= 15 is 0 Å². The van der Waals surface area contributed by atoms with E-state index in [1.54, 1.807) is 12.1 Å². The topological polar surface area (TPSA) is 29.4 Å². The average Bonchev–Trinajstić information content (AvgIpc) is 2.05. The van der Waals surface area contributed by atoms with E-state index < -0.39 is 0 Å². The Morgan fingerprint density at radius 1 is 1.50 bits per heavy atom. The number of aliphatic imine (C=N–C) groups is 1. The highest BCUT2D eigenvalue weighted by Gasteiger charge is 2.05. The van der Waals surface area contributed by atoms with Gasteiger partial charge in [0, 0.05) is 0 Å². The van der Waals surface area contributed by atoms with Gasteiger partial charge in [0.05, 0.1) is 11.1 Å². The molecule has 1 rings (SSSR count). The van der Waals surface area contributed by atoms with Gasteiger partial charge in [-0.05, 0) is 18.6 Å². The fraction of sp³-hybridized carbons (Fsp3) is 0.222. The summed E-state index contributed by atoms with van der Waals surface area (Å²) in [6.07, 6.45) is 1.50. The molecule has 2 nitrogen and oxygen atoms in total. The van der Waals surface area contributed by atoms with Crippen LogP contribution in [-0.4, -0.2) is 6.08 Å². The van der Waals surface area contributed by atoms with Crippen LogP contribution in [0.15, 0.2) is 29.3 Å². The second-order valence-electron chi connectivity index (χ2n) is 2.38. The van der Waals surface area contributed by atoms with Crippen LogP contribution in [-0.2, 0) is 4.79 Å². The third-order valence-electron chi connectivity index (χ3n) is 1.53. The maximum absolute atomic E-state index is 10.0. The Balaban J connectivity index is 3.17. The summed E-state index contributed by atoms with van der Waals surface area (Å²) in [6.45, 7) is 1.83. The van der Waals surface area contributed by atoms with Crippen LogP contribution >= 0.6 is 11.6 Å². The normalized spacial score (nSPS) is 11.8. The second-order valence-corrected chi connectivity index (χ2v) is 3.03. The van der Waals surface area contributed by atoms with E-state index in [4.69, 9.17) is 11.6 Å². The molecule has 0 aliphatic rings. The Labute approximate surface area is 75.9 Å². The molecular formula is C9H8ClNO. The Kier molecular flexibility index (Phi) is 3.03. The first-order valence-corrected chi connectivity index (χ1v) is 4.00. The molecule has 0 fully saturated rings. The van der Waals surface area contributed by atoms with Crippen molar-refractivity contribution in [3.05, 3.63) is 29.8 Å². The van der Waals surface area contributed by atoms with Crippen molar-refractivity contribution in [2.24, 2.45) is 4.99 Å². The predicted molar refractivity (Wildman–Crippen MR) is 48.5 cm³/mol. The van der Waals surface area contributed by atoms with Crippen molar-refractivity contribution in [2.75, 3.05) is 0 Å². The molecule has 3 heteroatoms. The summed E-state index contributed by atoms with van der Waals surface area (Å²) in [7, 11) is 0. The third kappa shape index (κ3) is 1.94. The number of hydrogen-bond donors (Lipinski definition) is 0. The molecule has 0 spiro atoms. The van der Waals surface area contributed by atoms with Gasteiger partial charge in [-0.25, -0.2) is 4.79 Å². The van der Waals surface area contributed by atoms with Crippen molar-refractivity contribution in [3.8, 4) is 0 Å². The molecule has 0 bridgehead atoms. The van der Waals surface area contributed by atoms with Crippen LogP contribution in [0.4, 0.5) is 5.69 Å². The van der Waals surface area contributed by atoms with Gasteiger partial charge in [0.15, 0.2) is 0 Å². The molecule has 0 saturated heterocycles. The zero-order valence-electron chi connectivity index (χ0n) is 6.62. The number of alkyl halides is 1. The van der Waals surface area contributed by atoms with Gasteiger partial charge in [0.1, 0.15) is 0 Å². The summed E-state index contributed by atoms with van der Waals surface area (Å²) in [4.78, 5) is 13.6. The van der Waals surface area contributed by atoms with E-state index in [-0.39, 0.29) is 5.38 Å². The van der Waals surface area contributed by atoms with Crippen molar-refractivity contribution in [1.29, 1.82) is 0 Å². The molecule has 12 heavy (non-hydrogen) atoms. The number of hydrogen-bond acceptors (Lipinski definition) is 2. The number of isocyanates is 1. The lowest BCUT2D eigenvalue weighted by atomic mass is 10.1. The first-order valence-electron chi connectivity index (χ1n) is 3.56. The summed E-state index contributed by atoms with van der Waals surface area (Å²) in [5, 5.41) is -0.140. The highest BCUT2D eigenvalue weighted by atomic mass is 35.5. The molecular weight excluding hydrogens is 174 g/mol. The fourth-order valence-electron chi connectivity index (χ4n) is 0.975. The summed E-state index contributed by atoms with van der Waals surface area (Å²) >= 11 is 5.85. The largest absolute Gasteiger partial charge is 0.240 e. The zero-order valence-corrected chi connectivity index (χ0v) is 7.38. The van der Waals surface area contributed by atoms with Crippen molar-refractivity contribution in [1.82, 2.24) is 0 Å². The Morgan fingerprint density at radius 2 is 2.17 bits per heavy atom. The molecule has 1 atom stereocenters. The van der Waals surface area contributed by atoms with Gasteiger partial charge >= 0.3 is 0 Å². The van der Waals surface area contributed by atoms with Gasteiger partial charge in [0.25, 0.3) is 0 Å². The van der Waals surface area contributed by atoms with E-state index in [1.807, 2.05) is 19.1 Å². The van der Waals surface area contributed by atoms with E-state index in [0.717, 1.165) is 5.56 Å². The maximum Gasteiger partial charge on any atom is 0.240 e. The molecule has 0 amide bonds. The van der Waals surface area contributed by atoms with Gasteiger partial charge in [-0.1, -0.05) is 18.2 Å². The molecule has 0 heterocycles. The van der Waals surface area contributed by atoms with Crippen molar-refractivity contribution < 1.29 is 4.79 Å². The van der Waals surface area contributed by atoms with Gasteiger partial charge in [-0.3, -0.25) is 0 Å². The number of nitrogens with zero attached hydrogens (tertiary/aromatic N) is 1. The quantitative estimate of drug-likeness (QED) is 0.392. The predicted octanol–water partition coefficient (Wildman–Crippen LogP) is 2.95. The van der Waals surface area contributed by atoms with E-state index in [2.05, 4.69) is 4.99 Å². The Hall–Kier alpha value is -1.11. The van der Waals surface area contributed by atoms with Crippen LogP contribution < -0.4 is 0 Å². The van der Waals surface area contributed by atoms with Gasteiger partial charge in [0.2, 0.25) is 6.08 Å². The summed E-state index contributed by atoms with van der Waals surface area (Å²) in [5.41, 5.74) is 1.44. The monoisotopic (exact) mass is 181 g/mol. The first kappa shape index (κ1) is 8.98. The van der Waals surface area contributed by atoms with Crippen LogP contribution in [0, 0.1) is 0 Å². The maximum atomic E-state index is 10.0. The van der Waals surface area contributed by atoms with E-state index in [0.29, 0.717) is 5.69 Å². The number of carbonyl (C=O) groups excluding carboxylic acids is 1. The molecule has 0 aliphatic carbocycles. The summed E-state index contributed by atoms with van der Waals surface area (Å²) < 4.78 is 0. The van der Waals surface area contributed by atoms with Crippen molar-refractivity contribution >= 4 is 23.4 Å². The minimum absolute atomic E-state index is 0.140.